The first-order valence-electron chi connectivity index (χ1n) is 9.00. The number of benzene rings is 2. The maximum Gasteiger partial charge on any atom is 0.337 e. The second-order valence-corrected chi connectivity index (χ2v) is 6.65. The molecule has 2 aromatic rings. The number of thiocarbonyl (C=S) groups is 1. The molecule has 154 valence electrons. The van der Waals surface area contributed by atoms with Crippen LogP contribution >= 0.6 is 12.2 Å². The average Bonchev–Trinajstić information content (AvgIpc) is 2.73. The summed E-state index contributed by atoms with van der Waals surface area (Å²) >= 11 is 5.15. The van der Waals surface area contributed by atoms with Crippen molar-refractivity contribution in [3.63, 3.8) is 0 Å². The molecule has 0 spiro atoms. The Kier molecular flexibility index (Phi) is 9.07. The number of carbonyl (C=O) groups excluding carboxylic acids is 1. The molecule has 2 N–H and O–H groups in total. The predicted octanol–water partition coefficient (Wildman–Crippen LogP) is 2.89. The smallest absolute Gasteiger partial charge is 0.337 e. The summed E-state index contributed by atoms with van der Waals surface area (Å²) in [5.41, 5.74) is 5.14. The van der Waals surface area contributed by atoms with Gasteiger partial charge in [0.15, 0.2) is 5.11 Å². The summed E-state index contributed by atoms with van der Waals surface area (Å²) in [6, 6.07) is 14.7. The van der Waals surface area contributed by atoms with Gasteiger partial charge in [-0.2, -0.15) is 5.10 Å². The van der Waals surface area contributed by atoms with Crippen molar-refractivity contribution >= 4 is 29.5 Å². The van der Waals surface area contributed by atoms with Crippen LogP contribution in [0, 0.1) is 0 Å². The Balaban J connectivity index is 1.79. The topological polar surface area (TPSA) is 81.2 Å². The molecule has 1 atom stereocenters. The second kappa shape index (κ2) is 11.8. The van der Waals surface area contributed by atoms with Crippen molar-refractivity contribution in [3.05, 3.63) is 65.2 Å². The SMILES string of the molecule is COC[C@H](C)NC(=S)N/N=C\c1ccc(OCc2ccc(C(=O)OC)cc2)cc1. The Morgan fingerprint density at radius 1 is 1.14 bits per heavy atom. The number of nitrogens with zero attached hydrogens (tertiary/aromatic N) is 1. The number of methoxy groups -OCH3 is 2. The van der Waals surface area contributed by atoms with Crippen LogP contribution in [0.4, 0.5) is 0 Å². The van der Waals surface area contributed by atoms with Gasteiger partial charge < -0.3 is 19.5 Å². The summed E-state index contributed by atoms with van der Waals surface area (Å²) < 4.78 is 15.5. The molecule has 0 unspecified atom stereocenters. The summed E-state index contributed by atoms with van der Waals surface area (Å²) in [4.78, 5) is 11.4. The molecule has 8 heteroatoms. The van der Waals surface area contributed by atoms with Crippen molar-refractivity contribution < 1.29 is 19.0 Å². The molecular formula is C21H25N3O4S. The van der Waals surface area contributed by atoms with Gasteiger partial charge in [0.2, 0.25) is 0 Å². The van der Waals surface area contributed by atoms with Gasteiger partial charge in [-0.3, -0.25) is 5.43 Å². The third kappa shape index (κ3) is 7.89. The fourth-order valence-corrected chi connectivity index (χ4v) is 2.64. The van der Waals surface area contributed by atoms with Crippen molar-refractivity contribution in [2.24, 2.45) is 5.10 Å². The zero-order valence-electron chi connectivity index (χ0n) is 16.7. The van der Waals surface area contributed by atoms with Gasteiger partial charge >= 0.3 is 5.97 Å². The molecule has 2 aromatic carbocycles. The van der Waals surface area contributed by atoms with Crippen LogP contribution in [-0.4, -0.2) is 44.2 Å². The number of hydrogen-bond donors (Lipinski definition) is 2. The zero-order valence-corrected chi connectivity index (χ0v) is 17.5. The fourth-order valence-electron chi connectivity index (χ4n) is 2.38. The summed E-state index contributed by atoms with van der Waals surface area (Å²) in [5.74, 6) is 0.378. The highest BCUT2D eigenvalue weighted by Crippen LogP contribution is 2.14. The number of ether oxygens (including phenoxy) is 3. The molecule has 7 nitrogen and oxygen atoms in total. The Bertz CT molecular complexity index is 823. The van der Waals surface area contributed by atoms with E-state index in [9.17, 15) is 4.79 Å². The highest BCUT2D eigenvalue weighted by molar-refractivity contribution is 7.80. The van der Waals surface area contributed by atoms with Gasteiger partial charge in [0, 0.05) is 13.2 Å². The second-order valence-electron chi connectivity index (χ2n) is 6.25. The lowest BCUT2D eigenvalue weighted by atomic mass is 10.1. The van der Waals surface area contributed by atoms with Crippen molar-refractivity contribution in [1.82, 2.24) is 10.7 Å². The van der Waals surface area contributed by atoms with Crippen molar-refractivity contribution in [2.75, 3.05) is 20.8 Å². The first-order chi connectivity index (χ1) is 14.0. The number of esters is 1. The monoisotopic (exact) mass is 415 g/mol. The van der Waals surface area contributed by atoms with Gasteiger partial charge in [0.25, 0.3) is 0 Å². The fraction of sp³-hybridized carbons (Fsp3) is 0.286. The van der Waals surface area contributed by atoms with E-state index in [0.29, 0.717) is 23.9 Å². The van der Waals surface area contributed by atoms with Crippen molar-refractivity contribution in [2.45, 2.75) is 19.6 Å². The summed E-state index contributed by atoms with van der Waals surface area (Å²) in [6.07, 6.45) is 1.67. The van der Waals surface area contributed by atoms with Crippen LogP contribution in [-0.2, 0) is 16.1 Å². The molecule has 0 radical (unpaired) electrons. The zero-order chi connectivity index (χ0) is 21.1. The highest BCUT2D eigenvalue weighted by Gasteiger charge is 2.05. The van der Waals surface area contributed by atoms with Gasteiger partial charge in [0.05, 0.1) is 25.5 Å². The number of hydrazone groups is 1. The van der Waals surface area contributed by atoms with Crippen LogP contribution < -0.4 is 15.5 Å². The Hall–Kier alpha value is -2.97. The maximum absolute atomic E-state index is 11.4. The molecule has 29 heavy (non-hydrogen) atoms. The van der Waals surface area contributed by atoms with Gasteiger partial charge in [-0.15, -0.1) is 0 Å². The van der Waals surface area contributed by atoms with E-state index in [1.165, 1.54) is 7.11 Å². The van der Waals surface area contributed by atoms with Crippen LogP contribution in [0.5, 0.6) is 5.75 Å². The number of nitrogens with one attached hydrogen (secondary N) is 2. The molecule has 0 aliphatic carbocycles. The first kappa shape index (κ1) is 22.3. The quantitative estimate of drug-likeness (QED) is 0.282. The highest BCUT2D eigenvalue weighted by atomic mass is 32.1. The lowest BCUT2D eigenvalue weighted by Gasteiger charge is -2.13. The predicted molar refractivity (Wildman–Crippen MR) is 116 cm³/mol. The average molecular weight is 416 g/mol. The van der Waals surface area contributed by atoms with E-state index in [4.69, 9.17) is 21.7 Å². The van der Waals surface area contributed by atoms with E-state index in [-0.39, 0.29) is 12.0 Å². The Morgan fingerprint density at radius 3 is 2.45 bits per heavy atom. The van der Waals surface area contributed by atoms with E-state index in [0.717, 1.165) is 16.9 Å². The number of carbonyl (C=O) groups is 1. The Labute approximate surface area is 176 Å². The third-order valence-corrected chi connectivity index (χ3v) is 4.04. The minimum absolute atomic E-state index is 0.100. The van der Waals surface area contributed by atoms with Gasteiger partial charge in [-0.1, -0.05) is 12.1 Å². The van der Waals surface area contributed by atoms with E-state index >= 15 is 0 Å². The number of rotatable bonds is 9. The first-order valence-corrected chi connectivity index (χ1v) is 9.41. The largest absolute Gasteiger partial charge is 0.489 e. The van der Waals surface area contributed by atoms with E-state index in [1.807, 2.05) is 43.3 Å². The van der Waals surface area contributed by atoms with Gasteiger partial charge in [-0.25, -0.2) is 4.79 Å². The Morgan fingerprint density at radius 2 is 1.83 bits per heavy atom. The summed E-state index contributed by atoms with van der Waals surface area (Å²) in [7, 11) is 3.00. The molecule has 0 aliphatic heterocycles. The van der Waals surface area contributed by atoms with Crippen molar-refractivity contribution in [3.8, 4) is 5.75 Å². The van der Waals surface area contributed by atoms with Crippen molar-refractivity contribution in [1.29, 1.82) is 0 Å². The lowest BCUT2D eigenvalue weighted by Crippen LogP contribution is -2.40. The van der Waals surface area contributed by atoms with Gasteiger partial charge in [0.1, 0.15) is 12.4 Å². The number of hydrogen-bond acceptors (Lipinski definition) is 6. The van der Waals surface area contributed by atoms with E-state index < -0.39 is 0 Å². The van der Waals surface area contributed by atoms with Crippen LogP contribution in [0.25, 0.3) is 0 Å². The standard InChI is InChI=1S/C21H25N3O4S/c1-15(13-26-2)23-21(29)24-22-12-16-6-10-19(11-7-16)28-14-17-4-8-18(9-5-17)20(25)27-3/h4-12,15H,13-14H2,1-3H3,(H2,23,24,29)/b22-12-/t15-/m0/s1. The molecule has 0 bridgehead atoms. The van der Waals surface area contributed by atoms with Gasteiger partial charge in [-0.05, 0) is 66.7 Å². The van der Waals surface area contributed by atoms with Crippen LogP contribution in [0.3, 0.4) is 0 Å². The molecule has 2 rings (SSSR count). The third-order valence-electron chi connectivity index (χ3n) is 3.83. The van der Waals surface area contributed by atoms with Crippen LogP contribution in [0.1, 0.15) is 28.4 Å². The van der Waals surface area contributed by atoms with Crippen LogP contribution in [0.15, 0.2) is 53.6 Å². The minimum Gasteiger partial charge on any atom is -0.489 e. The summed E-state index contributed by atoms with van der Waals surface area (Å²) in [5, 5.41) is 7.60. The minimum atomic E-state index is -0.356. The normalized spacial score (nSPS) is 11.7. The molecule has 0 aliphatic rings. The maximum atomic E-state index is 11.4. The molecule has 0 aromatic heterocycles. The molecule has 0 saturated heterocycles. The molecular weight excluding hydrogens is 390 g/mol. The van der Waals surface area contributed by atoms with E-state index in [2.05, 4.69) is 20.6 Å². The summed E-state index contributed by atoms with van der Waals surface area (Å²) in [6.45, 7) is 2.92. The molecule has 0 heterocycles. The molecule has 0 saturated carbocycles. The van der Waals surface area contributed by atoms with E-state index in [1.54, 1.807) is 25.5 Å². The molecule has 0 amide bonds. The van der Waals surface area contributed by atoms with Crippen LogP contribution in [0.2, 0.25) is 0 Å². The lowest BCUT2D eigenvalue weighted by molar-refractivity contribution is 0.0600. The molecule has 0 fully saturated rings.